The Morgan fingerprint density at radius 1 is 0.340 bits per heavy atom. The van der Waals surface area contributed by atoms with Crippen LogP contribution in [0.3, 0.4) is 0 Å². The summed E-state index contributed by atoms with van der Waals surface area (Å²) in [7, 11) is 0. The molecule has 234 valence electrons. The van der Waals surface area contributed by atoms with Crippen molar-refractivity contribution in [2.75, 3.05) is 0 Å². The molecule has 0 N–H and O–H groups in total. The minimum absolute atomic E-state index is 1.16. The molecule has 2 nitrogen and oxygen atoms in total. The number of rotatable bonds is 5. The van der Waals surface area contributed by atoms with Crippen LogP contribution in [0, 0.1) is 0 Å². The maximum Gasteiger partial charge on any atom is 0.0541 e. The molecule has 10 rings (SSSR count). The zero-order valence-electron chi connectivity index (χ0n) is 27.4. The summed E-state index contributed by atoms with van der Waals surface area (Å²) in [5, 5.41) is 10.1. The monoisotopic (exact) mass is 636 g/mol. The second-order valence-corrected chi connectivity index (χ2v) is 13.0. The molecule has 0 saturated carbocycles. The Balaban J connectivity index is 1.13. The number of fused-ring (bicyclic) bond motifs is 8. The predicted octanol–water partition coefficient (Wildman–Crippen LogP) is 13.0. The van der Waals surface area contributed by atoms with Crippen LogP contribution in [0.25, 0.3) is 95.3 Å². The normalized spacial score (nSPS) is 12.2. The van der Waals surface area contributed by atoms with Crippen molar-refractivity contribution < 1.29 is 0 Å². The Morgan fingerprint density at radius 3 is 1.44 bits per heavy atom. The van der Waals surface area contributed by atoms with Crippen molar-refractivity contribution in [3.8, 4) is 5.69 Å². The molecular weight excluding hydrogens is 605 g/mol. The molecule has 0 fully saturated rings. The molecule has 2 aromatic heterocycles. The first-order chi connectivity index (χ1) is 24.8. The molecule has 0 saturated heterocycles. The van der Waals surface area contributed by atoms with Crippen molar-refractivity contribution in [2.45, 2.75) is 0 Å². The van der Waals surface area contributed by atoms with Gasteiger partial charge in [0, 0.05) is 33.4 Å². The van der Waals surface area contributed by atoms with E-state index in [1.807, 2.05) is 0 Å². The second-order valence-electron chi connectivity index (χ2n) is 13.0. The highest BCUT2D eigenvalue weighted by molar-refractivity contribution is 6.12. The molecule has 0 aliphatic carbocycles. The van der Waals surface area contributed by atoms with E-state index in [-0.39, 0.29) is 0 Å². The van der Waals surface area contributed by atoms with Gasteiger partial charge >= 0.3 is 0 Å². The average molecular weight is 637 g/mol. The third kappa shape index (κ3) is 4.57. The van der Waals surface area contributed by atoms with E-state index in [0.717, 1.165) is 11.3 Å². The Bertz CT molecular complexity index is 2860. The van der Waals surface area contributed by atoms with Crippen LogP contribution in [0.4, 0.5) is 0 Å². The summed E-state index contributed by atoms with van der Waals surface area (Å²) < 4.78 is 4.69. The highest BCUT2D eigenvalue weighted by Gasteiger charge is 2.14. The van der Waals surface area contributed by atoms with Gasteiger partial charge in [0.1, 0.15) is 0 Å². The second kappa shape index (κ2) is 11.5. The number of aromatic nitrogens is 2. The Labute approximate surface area is 290 Å². The first-order valence-electron chi connectivity index (χ1n) is 17.2. The summed E-state index contributed by atoms with van der Waals surface area (Å²) in [5.41, 5.74) is 9.56. The molecule has 2 heteroatoms. The standard InChI is InChI=1S/C48H32N2/c1-2-14-37(15-3-1)50-47-26-23-33(22-25-40-38-16-6-4-12-35(38)32-36-13-5-7-17-39(36)40)30-43(47)44-31-34(24-27-48(44)50)28-29-49-45-20-10-8-18-41(45)42-19-9-11-21-46(42)49/h1-32H/b25-22+,29-28-. The summed E-state index contributed by atoms with van der Waals surface area (Å²) in [6.45, 7) is 0. The Kier molecular flexibility index (Phi) is 6.53. The molecule has 0 aliphatic rings. The zero-order valence-corrected chi connectivity index (χ0v) is 27.4. The van der Waals surface area contributed by atoms with Crippen molar-refractivity contribution in [3.63, 3.8) is 0 Å². The van der Waals surface area contributed by atoms with E-state index in [2.05, 4.69) is 203 Å². The first kappa shape index (κ1) is 28.4. The minimum atomic E-state index is 1.16. The molecule has 0 spiro atoms. The van der Waals surface area contributed by atoms with Gasteiger partial charge in [0.15, 0.2) is 0 Å². The Morgan fingerprint density at radius 2 is 0.840 bits per heavy atom. The van der Waals surface area contributed by atoms with Gasteiger partial charge < -0.3 is 9.13 Å². The van der Waals surface area contributed by atoms with Gasteiger partial charge in [0.05, 0.1) is 22.1 Å². The van der Waals surface area contributed by atoms with Gasteiger partial charge in [-0.2, -0.15) is 0 Å². The van der Waals surface area contributed by atoms with E-state index in [9.17, 15) is 0 Å². The smallest absolute Gasteiger partial charge is 0.0541 e. The molecule has 0 radical (unpaired) electrons. The van der Waals surface area contributed by atoms with Crippen LogP contribution in [0.15, 0.2) is 170 Å². The topological polar surface area (TPSA) is 9.86 Å². The Hall–Kier alpha value is -6.64. The van der Waals surface area contributed by atoms with Crippen molar-refractivity contribution >= 4 is 89.6 Å². The van der Waals surface area contributed by atoms with Crippen LogP contribution < -0.4 is 0 Å². The summed E-state index contributed by atoms with van der Waals surface area (Å²) in [6.07, 6.45) is 9.01. The van der Waals surface area contributed by atoms with Gasteiger partial charge in [0.25, 0.3) is 0 Å². The molecule has 10 aromatic rings. The lowest BCUT2D eigenvalue weighted by Gasteiger charge is -2.09. The molecular formula is C48H32N2. The molecule has 8 aromatic carbocycles. The fourth-order valence-electron chi connectivity index (χ4n) is 7.80. The predicted molar refractivity (Wildman–Crippen MR) is 216 cm³/mol. The molecule has 0 amide bonds. The lowest BCUT2D eigenvalue weighted by atomic mass is 9.96. The van der Waals surface area contributed by atoms with Gasteiger partial charge in [-0.1, -0.05) is 127 Å². The van der Waals surface area contributed by atoms with Gasteiger partial charge in [-0.05, 0) is 98.9 Å². The van der Waals surface area contributed by atoms with Crippen molar-refractivity contribution in [2.24, 2.45) is 0 Å². The van der Waals surface area contributed by atoms with E-state index in [1.165, 1.54) is 76.3 Å². The lowest BCUT2D eigenvalue weighted by molar-refractivity contribution is 1.18. The molecule has 0 unspecified atom stereocenters. The van der Waals surface area contributed by atoms with Gasteiger partial charge in [0.2, 0.25) is 0 Å². The van der Waals surface area contributed by atoms with Crippen molar-refractivity contribution in [3.05, 3.63) is 187 Å². The van der Waals surface area contributed by atoms with Crippen LogP contribution >= 0.6 is 0 Å². The number of nitrogens with zero attached hydrogens (tertiary/aromatic N) is 2. The summed E-state index contributed by atoms with van der Waals surface area (Å²) in [5.74, 6) is 0. The third-order valence-corrected chi connectivity index (χ3v) is 10.1. The average Bonchev–Trinajstić information content (AvgIpc) is 3.68. The van der Waals surface area contributed by atoms with Gasteiger partial charge in [-0.3, -0.25) is 0 Å². The van der Waals surface area contributed by atoms with Crippen LogP contribution in [-0.4, -0.2) is 9.13 Å². The summed E-state index contributed by atoms with van der Waals surface area (Å²) in [6, 6.07) is 61.3. The van der Waals surface area contributed by atoms with Crippen LogP contribution in [0.1, 0.15) is 16.7 Å². The molecule has 0 aliphatic heterocycles. The summed E-state index contributed by atoms with van der Waals surface area (Å²) in [4.78, 5) is 0. The highest BCUT2D eigenvalue weighted by atomic mass is 15.0. The van der Waals surface area contributed by atoms with Gasteiger partial charge in [-0.15, -0.1) is 0 Å². The molecule has 0 atom stereocenters. The van der Waals surface area contributed by atoms with Crippen LogP contribution in [0.5, 0.6) is 0 Å². The van der Waals surface area contributed by atoms with E-state index < -0.39 is 0 Å². The highest BCUT2D eigenvalue weighted by Crippen LogP contribution is 2.36. The van der Waals surface area contributed by atoms with E-state index in [4.69, 9.17) is 0 Å². The fraction of sp³-hybridized carbons (Fsp3) is 0. The van der Waals surface area contributed by atoms with E-state index >= 15 is 0 Å². The largest absolute Gasteiger partial charge is 0.316 e. The fourth-order valence-corrected chi connectivity index (χ4v) is 7.80. The van der Waals surface area contributed by atoms with Gasteiger partial charge in [-0.25, -0.2) is 0 Å². The van der Waals surface area contributed by atoms with Crippen LogP contribution in [-0.2, 0) is 0 Å². The number of benzene rings is 8. The maximum atomic E-state index is 2.39. The number of hydrogen-bond donors (Lipinski definition) is 0. The number of para-hydroxylation sites is 3. The van der Waals surface area contributed by atoms with E-state index in [1.54, 1.807) is 0 Å². The zero-order chi connectivity index (χ0) is 33.0. The lowest BCUT2D eigenvalue weighted by Crippen LogP contribution is -1.93. The first-order valence-corrected chi connectivity index (χ1v) is 17.2. The molecule has 2 heterocycles. The summed E-state index contributed by atoms with van der Waals surface area (Å²) >= 11 is 0. The maximum absolute atomic E-state index is 2.39. The van der Waals surface area contributed by atoms with Crippen molar-refractivity contribution in [1.29, 1.82) is 0 Å². The minimum Gasteiger partial charge on any atom is -0.316 e. The number of hydrogen-bond acceptors (Lipinski definition) is 0. The SMILES string of the molecule is C(=C/n1c2ccccc2c2ccccc21)/c1ccc2c(c1)c1cc(/C=C/c3c4ccccc4cc4ccccc34)ccc1n2-c1ccccc1. The third-order valence-electron chi connectivity index (χ3n) is 10.1. The van der Waals surface area contributed by atoms with Crippen molar-refractivity contribution in [1.82, 2.24) is 9.13 Å². The molecule has 50 heavy (non-hydrogen) atoms. The van der Waals surface area contributed by atoms with Crippen LogP contribution in [0.2, 0.25) is 0 Å². The quantitative estimate of drug-likeness (QED) is 0.131. The van der Waals surface area contributed by atoms with E-state index in [0.29, 0.717) is 0 Å². The molecule has 0 bridgehead atoms.